The summed E-state index contributed by atoms with van der Waals surface area (Å²) in [6.07, 6.45) is 0. The van der Waals surface area contributed by atoms with Crippen LogP contribution >= 0.6 is 0 Å². The normalized spacial score (nSPS) is 10.7. The van der Waals surface area contributed by atoms with Gasteiger partial charge in [-0.3, -0.25) is 81.9 Å². The van der Waals surface area contributed by atoms with Crippen LogP contribution in [0.1, 0.15) is 0 Å². The van der Waals surface area contributed by atoms with Gasteiger partial charge in [0.1, 0.15) is 0 Å². The van der Waals surface area contributed by atoms with E-state index in [2.05, 4.69) is 0 Å². The molecule has 18 N–H and O–H groups in total. The molecule has 0 aromatic heterocycles. The smallest absolute Gasteiger partial charge is 0.264 e. The van der Waals surface area contributed by atoms with E-state index in [0.717, 1.165) is 0 Å². The van der Waals surface area contributed by atoms with Crippen LogP contribution in [0.25, 0.3) is 0 Å². The first-order valence-electron chi connectivity index (χ1n) is 6.29. The number of hydrogen-bond acceptors (Lipinski definition) is 18. The van der Waals surface area contributed by atoms with E-state index in [9.17, 15) is 0 Å². The largest absolute Gasteiger partial charge is 0.394 e. The fraction of sp³-hybridized carbons (Fsp3) is 0. The van der Waals surface area contributed by atoms with E-state index in [1.165, 1.54) is 0 Å². The summed E-state index contributed by atoms with van der Waals surface area (Å²) < 4.78 is 284. The first-order chi connectivity index (χ1) is 18.0. The van der Waals surface area contributed by atoms with Gasteiger partial charge in [-0.1, -0.05) is 0 Å². The standard InChI is InChI=1S/4Mg.9H2O4S.8H/c;;;;9*1-5(2,3)4;;;;;;;;/h;;;;9*(H2,1,2,3,4);;;;;;;;. The fourth-order valence-corrected chi connectivity index (χ4v) is 0. The van der Waals surface area contributed by atoms with E-state index >= 15 is 0 Å². The third kappa shape index (κ3) is 31900. The Morgan fingerprint density at radius 1 is 0.143 bits per heavy atom. The van der Waals surface area contributed by atoms with Crippen molar-refractivity contribution >= 4 is 186 Å². The second-order valence-corrected chi connectivity index (χ2v) is 12.1. The first-order valence-corrected chi connectivity index (χ1v) is 18.9. The number of hydrogen-bond donors (Lipinski definition) is 18. The Morgan fingerprint density at radius 2 is 0.143 bits per heavy atom. The average molecular weight is 988 g/mol. The average Bonchev–Trinajstić information content (AvgIpc) is 2.26. The van der Waals surface area contributed by atoms with Crippen molar-refractivity contribution in [3.8, 4) is 0 Å². The molecule has 0 atom stereocenters. The van der Waals surface area contributed by atoms with Gasteiger partial charge in [0.2, 0.25) is 0 Å². The third-order valence-electron chi connectivity index (χ3n) is 0. The van der Waals surface area contributed by atoms with Gasteiger partial charge in [-0.05, 0) is 0 Å². The molecule has 0 aliphatic rings. The van der Waals surface area contributed by atoms with Gasteiger partial charge in [-0.2, -0.15) is 75.8 Å². The van der Waals surface area contributed by atoms with Crippen LogP contribution in [0, 0.1) is 0 Å². The highest BCUT2D eigenvalue weighted by atomic mass is 32.3. The second kappa shape index (κ2) is 38.2. The summed E-state index contributed by atoms with van der Waals surface area (Å²) in [6, 6.07) is 0. The quantitative estimate of drug-likeness (QED) is 0.0791. The molecule has 49 heavy (non-hydrogen) atoms. The molecule has 0 rings (SSSR count). The summed E-state index contributed by atoms with van der Waals surface area (Å²) in [5.74, 6) is 0. The van der Waals surface area contributed by atoms with Crippen molar-refractivity contribution in [2.24, 2.45) is 0 Å². The summed E-state index contributed by atoms with van der Waals surface area (Å²) >= 11 is 0. The van der Waals surface area contributed by atoms with Crippen molar-refractivity contribution in [2.75, 3.05) is 0 Å². The molecule has 0 heterocycles. The lowest BCUT2D eigenvalue weighted by atomic mass is 15.8. The van der Waals surface area contributed by atoms with Crippen molar-refractivity contribution in [3.05, 3.63) is 0 Å². The molecule has 36 nitrogen and oxygen atoms in total. The molecular formula is H26Mg4O36S9. The molecular weight excluding hydrogens is 962 g/mol. The SMILES string of the molecule is O=S(=O)(O)O.O=S(=O)(O)O.O=S(=O)(O)O.O=S(=O)(O)O.O=S(=O)(O)O.O=S(=O)(O)O.O=S(=O)(O)O.O=S(=O)(O)O.O=S(=O)(O)O.[MgH2].[MgH2].[MgH2].[MgH2]. The number of rotatable bonds is 0. The van der Waals surface area contributed by atoms with Crippen LogP contribution in [0.3, 0.4) is 0 Å². The molecule has 0 saturated heterocycles. The van der Waals surface area contributed by atoms with Crippen LogP contribution in [-0.2, 0) is 93.6 Å². The zero-order valence-electron chi connectivity index (χ0n) is 19.1. The second-order valence-electron chi connectivity index (χ2n) is 4.03. The monoisotopic (exact) mass is 986 g/mol. The van der Waals surface area contributed by atoms with Crippen molar-refractivity contribution in [1.29, 1.82) is 0 Å². The lowest BCUT2D eigenvalue weighted by molar-refractivity contribution is 0.378. The summed E-state index contributed by atoms with van der Waals surface area (Å²) in [4.78, 5) is 0. The van der Waals surface area contributed by atoms with Gasteiger partial charge >= 0.3 is 186 Å². The zero-order chi connectivity index (χ0) is 40.5. The van der Waals surface area contributed by atoms with E-state index in [4.69, 9.17) is 158 Å². The maximum absolute atomic E-state index is 8.74. The predicted molar refractivity (Wildman–Crippen MR) is 162 cm³/mol. The molecule has 0 unspecified atom stereocenters. The minimum atomic E-state index is -4.67. The molecule has 0 bridgehead atoms. The Morgan fingerprint density at radius 3 is 0.143 bits per heavy atom. The Kier molecular flexibility index (Phi) is 68.7. The molecule has 0 aliphatic heterocycles. The Bertz CT molecular complexity index is 1230. The zero-order valence-corrected chi connectivity index (χ0v) is 26.4. The lowest BCUT2D eigenvalue weighted by Crippen LogP contribution is -1.89. The molecule has 0 aromatic carbocycles. The van der Waals surface area contributed by atoms with Gasteiger partial charge in [-0.15, -0.1) is 0 Å². The van der Waals surface area contributed by atoms with Gasteiger partial charge in [0.15, 0.2) is 0 Å². The summed E-state index contributed by atoms with van der Waals surface area (Å²) in [6.45, 7) is 0. The maximum atomic E-state index is 8.74. The summed E-state index contributed by atoms with van der Waals surface area (Å²) in [5.41, 5.74) is 0. The highest BCUT2D eigenvalue weighted by Gasteiger charge is 1.88. The molecule has 304 valence electrons. The molecule has 49 heteroatoms. The molecule has 0 aromatic rings. The Hall–Kier alpha value is 1.89. The Labute approximate surface area is 339 Å². The summed E-state index contributed by atoms with van der Waals surface area (Å²) in [5, 5.41) is 0. The van der Waals surface area contributed by atoms with E-state index in [1.54, 1.807) is 0 Å². The van der Waals surface area contributed by atoms with Crippen LogP contribution in [0.15, 0.2) is 0 Å². The minimum absolute atomic E-state index is 0. The van der Waals surface area contributed by atoms with E-state index in [-0.39, 0.29) is 92.2 Å². The molecule has 0 aliphatic carbocycles. The minimum Gasteiger partial charge on any atom is -0.264 e. The van der Waals surface area contributed by atoms with Crippen LogP contribution in [0.4, 0.5) is 0 Å². The van der Waals surface area contributed by atoms with Crippen LogP contribution < -0.4 is 0 Å². The van der Waals surface area contributed by atoms with E-state index < -0.39 is 93.6 Å². The predicted octanol–water partition coefficient (Wildman–Crippen LogP) is -9.54. The highest BCUT2D eigenvalue weighted by Crippen LogP contribution is 1.62. The van der Waals surface area contributed by atoms with Gasteiger partial charge in [-0.25, -0.2) is 0 Å². The van der Waals surface area contributed by atoms with Gasteiger partial charge in [0.05, 0.1) is 0 Å². The lowest BCUT2D eigenvalue weighted by Gasteiger charge is -1.68. The van der Waals surface area contributed by atoms with Gasteiger partial charge in [0, 0.05) is 0 Å². The van der Waals surface area contributed by atoms with E-state index in [0.29, 0.717) is 0 Å². The first kappa shape index (κ1) is 88.2. The molecule has 0 radical (unpaired) electrons. The summed E-state index contributed by atoms with van der Waals surface area (Å²) in [7, 11) is -42.0. The van der Waals surface area contributed by atoms with Crippen LogP contribution in [0.2, 0.25) is 0 Å². The van der Waals surface area contributed by atoms with Crippen molar-refractivity contribution in [1.82, 2.24) is 0 Å². The van der Waals surface area contributed by atoms with Crippen LogP contribution in [0.5, 0.6) is 0 Å². The van der Waals surface area contributed by atoms with Gasteiger partial charge in [0.25, 0.3) is 0 Å². The molecule has 0 spiro atoms. The van der Waals surface area contributed by atoms with Crippen LogP contribution in [-0.4, -0.2) is 250 Å². The van der Waals surface area contributed by atoms with Gasteiger partial charge < -0.3 is 0 Å². The highest BCUT2D eigenvalue weighted by molar-refractivity contribution is 7.81. The van der Waals surface area contributed by atoms with Crippen molar-refractivity contribution < 1.29 is 158 Å². The molecule has 0 amide bonds. The Balaban J connectivity index is -0.0000000268. The topological polar surface area (TPSA) is 671 Å². The van der Waals surface area contributed by atoms with E-state index in [1.807, 2.05) is 0 Å². The fourth-order valence-electron chi connectivity index (χ4n) is 0. The van der Waals surface area contributed by atoms with Crippen molar-refractivity contribution in [3.63, 3.8) is 0 Å². The maximum Gasteiger partial charge on any atom is 0.394 e. The third-order valence-corrected chi connectivity index (χ3v) is 0. The molecule has 0 saturated carbocycles. The molecule has 0 fully saturated rings. The van der Waals surface area contributed by atoms with Crippen molar-refractivity contribution in [2.45, 2.75) is 0 Å².